The fraction of sp³-hybridized carbons (Fsp3) is 0.750. The molecule has 4 heteroatoms. The van der Waals surface area contributed by atoms with Crippen LogP contribution in [0.3, 0.4) is 0 Å². The van der Waals surface area contributed by atoms with E-state index in [4.69, 9.17) is 4.74 Å². The zero-order valence-corrected chi connectivity index (χ0v) is 14.9. The number of allylic oxidation sites excluding steroid dienone is 1. The van der Waals surface area contributed by atoms with Crippen molar-refractivity contribution in [2.45, 2.75) is 95.9 Å². The lowest BCUT2D eigenvalue weighted by atomic mass is 9.90. The highest BCUT2D eigenvalue weighted by Crippen LogP contribution is 2.32. The molecule has 0 unspecified atom stereocenters. The number of carbonyl (C=O) groups excluding carboxylic acids is 1. The van der Waals surface area contributed by atoms with Crippen molar-refractivity contribution in [2.75, 3.05) is 0 Å². The number of carbonyl (C=O) groups is 1. The first-order valence-electron chi connectivity index (χ1n) is 9.59. The molecule has 0 radical (unpaired) electrons. The van der Waals surface area contributed by atoms with Gasteiger partial charge in [0.25, 0.3) is 5.79 Å². The Morgan fingerprint density at radius 2 is 1.50 bits per heavy atom. The van der Waals surface area contributed by atoms with Gasteiger partial charge in [0.2, 0.25) is 5.78 Å². The molecular weight excluding hydrogens is 304 g/mol. The second-order valence-electron chi connectivity index (χ2n) is 7.25. The largest absolute Gasteiger partial charge is 0.508 e. The van der Waals surface area contributed by atoms with E-state index in [2.05, 4.69) is 0 Å². The topological polar surface area (TPSA) is 66.8 Å². The summed E-state index contributed by atoms with van der Waals surface area (Å²) in [6, 6.07) is 0. The van der Waals surface area contributed by atoms with Gasteiger partial charge in [0.1, 0.15) is 5.76 Å². The second-order valence-corrected chi connectivity index (χ2v) is 7.25. The number of rotatable bonds is 0. The average Bonchev–Trinajstić information content (AvgIpc) is 2.52. The molecule has 0 aromatic heterocycles. The molecule has 2 rings (SSSR count). The summed E-state index contributed by atoms with van der Waals surface area (Å²) >= 11 is 0. The summed E-state index contributed by atoms with van der Waals surface area (Å²) in [6.07, 6.45) is 15.6. The minimum atomic E-state index is -1.90. The van der Waals surface area contributed by atoms with Crippen LogP contribution in [0, 0.1) is 0 Å². The lowest BCUT2D eigenvalue weighted by Gasteiger charge is -2.33. The van der Waals surface area contributed by atoms with Gasteiger partial charge in [-0.25, -0.2) is 0 Å². The molecule has 1 saturated heterocycles. The molecule has 24 heavy (non-hydrogen) atoms. The smallest absolute Gasteiger partial charge is 0.254 e. The highest BCUT2D eigenvalue weighted by atomic mass is 16.6. The maximum atomic E-state index is 12.3. The zero-order chi connectivity index (χ0) is 17.4. The van der Waals surface area contributed by atoms with Crippen molar-refractivity contribution in [1.29, 1.82) is 0 Å². The maximum Gasteiger partial charge on any atom is 0.254 e. The van der Waals surface area contributed by atoms with Gasteiger partial charge in [0, 0.05) is 11.6 Å². The Kier molecular flexibility index (Phi) is 7.50. The molecule has 0 saturated carbocycles. The first kappa shape index (κ1) is 19.2. The van der Waals surface area contributed by atoms with E-state index in [1.54, 1.807) is 0 Å². The molecule has 1 aliphatic carbocycles. The molecule has 0 spiro atoms. The Morgan fingerprint density at radius 1 is 0.958 bits per heavy atom. The van der Waals surface area contributed by atoms with Crippen LogP contribution < -0.4 is 0 Å². The van der Waals surface area contributed by atoms with Crippen molar-refractivity contribution in [3.8, 4) is 0 Å². The molecule has 0 bridgehead atoms. The molecule has 2 atom stereocenters. The lowest BCUT2D eigenvalue weighted by molar-refractivity contribution is -0.202. The van der Waals surface area contributed by atoms with Gasteiger partial charge in [0.15, 0.2) is 0 Å². The van der Waals surface area contributed by atoms with Gasteiger partial charge in [-0.15, -0.1) is 0 Å². The zero-order valence-electron chi connectivity index (χ0n) is 14.9. The van der Waals surface area contributed by atoms with Crippen LogP contribution >= 0.6 is 0 Å². The quantitative estimate of drug-likeness (QED) is 0.671. The van der Waals surface area contributed by atoms with Crippen LogP contribution in [0.15, 0.2) is 23.5 Å². The maximum absolute atomic E-state index is 12.3. The third kappa shape index (κ3) is 5.45. The van der Waals surface area contributed by atoms with Crippen molar-refractivity contribution in [3.05, 3.63) is 23.5 Å². The van der Waals surface area contributed by atoms with Crippen LogP contribution in [-0.2, 0) is 9.53 Å². The predicted octanol–water partition coefficient (Wildman–Crippen LogP) is 4.73. The Labute approximate surface area is 145 Å². The van der Waals surface area contributed by atoms with Crippen molar-refractivity contribution >= 4 is 5.78 Å². The van der Waals surface area contributed by atoms with E-state index in [0.717, 1.165) is 31.8 Å². The number of hydrogen-bond acceptors (Lipinski definition) is 4. The molecule has 1 fully saturated rings. The average molecular weight is 336 g/mol. The van der Waals surface area contributed by atoms with Crippen molar-refractivity contribution in [3.63, 3.8) is 0 Å². The molecule has 4 nitrogen and oxygen atoms in total. The molecule has 1 aliphatic heterocycles. The minimum Gasteiger partial charge on any atom is -0.508 e. The predicted molar refractivity (Wildman–Crippen MR) is 94.7 cm³/mol. The highest BCUT2D eigenvalue weighted by Gasteiger charge is 2.43. The van der Waals surface area contributed by atoms with E-state index in [1.807, 2.05) is 6.92 Å². The van der Waals surface area contributed by atoms with E-state index in [1.165, 1.54) is 51.0 Å². The number of ether oxygens (including phenoxy) is 1. The Bertz CT molecular complexity index is 480. The summed E-state index contributed by atoms with van der Waals surface area (Å²) in [7, 11) is 0. The summed E-state index contributed by atoms with van der Waals surface area (Å²) in [5.74, 6) is -2.56. The van der Waals surface area contributed by atoms with Gasteiger partial charge in [-0.2, -0.15) is 0 Å². The van der Waals surface area contributed by atoms with Crippen LogP contribution in [0.1, 0.15) is 84.0 Å². The van der Waals surface area contributed by atoms with E-state index in [0.29, 0.717) is 12.0 Å². The van der Waals surface area contributed by atoms with Crippen molar-refractivity contribution in [2.24, 2.45) is 0 Å². The van der Waals surface area contributed by atoms with Crippen LogP contribution in [0.2, 0.25) is 0 Å². The normalized spacial score (nSPS) is 31.8. The minimum absolute atomic E-state index is 0.0923. The Balaban J connectivity index is 2.06. The van der Waals surface area contributed by atoms with Gasteiger partial charge in [-0.1, -0.05) is 57.8 Å². The summed E-state index contributed by atoms with van der Waals surface area (Å²) in [6.45, 7) is 1.91. The Hall–Kier alpha value is -1.13. The monoisotopic (exact) mass is 336 g/mol. The van der Waals surface area contributed by atoms with Gasteiger partial charge < -0.3 is 14.9 Å². The molecule has 136 valence electrons. The Morgan fingerprint density at radius 3 is 2.12 bits per heavy atom. The van der Waals surface area contributed by atoms with Gasteiger partial charge in [0.05, 0.1) is 6.10 Å². The highest BCUT2D eigenvalue weighted by molar-refractivity contribution is 6.00. The summed E-state index contributed by atoms with van der Waals surface area (Å²) in [5.41, 5.74) is 0.492. The van der Waals surface area contributed by atoms with E-state index >= 15 is 0 Å². The van der Waals surface area contributed by atoms with Gasteiger partial charge in [-0.05, 0) is 32.3 Å². The van der Waals surface area contributed by atoms with E-state index < -0.39 is 11.6 Å². The van der Waals surface area contributed by atoms with Crippen molar-refractivity contribution < 1.29 is 19.7 Å². The van der Waals surface area contributed by atoms with Crippen molar-refractivity contribution in [1.82, 2.24) is 0 Å². The lowest BCUT2D eigenvalue weighted by Crippen LogP contribution is -2.46. The van der Waals surface area contributed by atoms with Crippen LogP contribution in [0.25, 0.3) is 0 Å². The first-order valence-corrected chi connectivity index (χ1v) is 9.59. The number of aliphatic hydroxyl groups excluding tert-OH is 1. The van der Waals surface area contributed by atoms with Gasteiger partial charge in [-0.3, -0.25) is 4.79 Å². The molecule has 0 aromatic carbocycles. The number of ketones is 1. The summed E-state index contributed by atoms with van der Waals surface area (Å²) in [4.78, 5) is 12.3. The van der Waals surface area contributed by atoms with E-state index in [9.17, 15) is 15.0 Å². The third-order valence-corrected chi connectivity index (χ3v) is 5.05. The molecule has 0 amide bonds. The molecule has 2 aliphatic rings. The summed E-state index contributed by atoms with van der Waals surface area (Å²) < 4.78 is 5.79. The molecule has 1 heterocycles. The fourth-order valence-electron chi connectivity index (χ4n) is 3.60. The van der Waals surface area contributed by atoms with Crippen LogP contribution in [0.4, 0.5) is 0 Å². The summed E-state index contributed by atoms with van der Waals surface area (Å²) in [5, 5.41) is 20.6. The number of hydrogen-bond donors (Lipinski definition) is 2. The second kappa shape index (κ2) is 9.38. The molecular formula is C20H32O4. The molecule has 0 aromatic rings. The van der Waals surface area contributed by atoms with Crippen LogP contribution in [-0.4, -0.2) is 27.9 Å². The first-order chi connectivity index (χ1) is 11.5. The SMILES string of the molecule is C[C@H]1CCCCCCCCCCCCC2=CC(O)=CC(=O)[C@]2(O)O1. The third-order valence-electron chi connectivity index (χ3n) is 5.05. The van der Waals surface area contributed by atoms with Gasteiger partial charge >= 0.3 is 0 Å². The fourth-order valence-corrected chi connectivity index (χ4v) is 3.60. The van der Waals surface area contributed by atoms with Crippen LogP contribution in [0.5, 0.6) is 0 Å². The standard InChI is InChI=1S/C20H32O4/c1-16-12-10-8-6-4-2-3-5-7-9-11-13-17-14-18(21)15-19(22)20(17,23)24-16/h14-16,21,23H,2-13H2,1H3/t16-,20+/m0/s1. The van der Waals surface area contributed by atoms with E-state index in [-0.39, 0.29) is 11.9 Å². The molecule has 2 N–H and O–H groups in total. The number of fused-ring (bicyclic) bond motifs is 1. The number of aliphatic hydroxyl groups is 2.